The molecule has 3 heteroatoms. The van der Waals surface area contributed by atoms with Crippen molar-refractivity contribution in [1.29, 1.82) is 0 Å². The van der Waals surface area contributed by atoms with Crippen LogP contribution in [0.2, 0.25) is 0 Å². The smallest absolute Gasteiger partial charge is 0.198 e. The van der Waals surface area contributed by atoms with Crippen LogP contribution >= 0.6 is 0 Å². The van der Waals surface area contributed by atoms with Crippen LogP contribution in [0.3, 0.4) is 0 Å². The lowest BCUT2D eigenvalue weighted by Crippen LogP contribution is -2.28. The molecule has 124 valence electrons. The highest BCUT2D eigenvalue weighted by molar-refractivity contribution is 5.42. The van der Waals surface area contributed by atoms with E-state index in [1.165, 1.54) is 5.56 Å². The van der Waals surface area contributed by atoms with Crippen molar-refractivity contribution < 1.29 is 14.2 Å². The molecule has 0 N–H and O–H groups in total. The van der Waals surface area contributed by atoms with Gasteiger partial charge in [-0.1, -0.05) is 47.1 Å². The van der Waals surface area contributed by atoms with Crippen LogP contribution in [0, 0.1) is 0 Å². The molecule has 3 nitrogen and oxygen atoms in total. The Balaban J connectivity index is 2.47. The van der Waals surface area contributed by atoms with Gasteiger partial charge < -0.3 is 14.2 Å². The van der Waals surface area contributed by atoms with Gasteiger partial charge in [0.25, 0.3) is 0 Å². The molecule has 2 rings (SSSR count). The molecule has 0 amide bonds. The van der Waals surface area contributed by atoms with E-state index in [1.54, 1.807) is 0 Å². The molecule has 1 aliphatic rings. The fourth-order valence-electron chi connectivity index (χ4n) is 2.85. The van der Waals surface area contributed by atoms with Crippen LogP contribution in [0.5, 0.6) is 5.75 Å². The third-order valence-electron chi connectivity index (χ3n) is 4.05. The van der Waals surface area contributed by atoms with E-state index >= 15 is 0 Å². The SMILES string of the molecule is CCCOc1ccc(C(C)(C)C)cc1C1(CCC)OCCO1. The van der Waals surface area contributed by atoms with E-state index in [0.717, 1.165) is 30.6 Å². The lowest BCUT2D eigenvalue weighted by molar-refractivity contribution is -0.172. The molecular formula is C19H30O3. The van der Waals surface area contributed by atoms with Gasteiger partial charge in [0.15, 0.2) is 5.79 Å². The Bertz CT molecular complexity index is 482. The Kier molecular flexibility index (Phi) is 5.51. The van der Waals surface area contributed by atoms with Crippen LogP contribution < -0.4 is 4.74 Å². The molecule has 0 bridgehead atoms. The van der Waals surface area contributed by atoms with E-state index in [9.17, 15) is 0 Å². The average molecular weight is 306 g/mol. The van der Waals surface area contributed by atoms with Gasteiger partial charge in [-0.2, -0.15) is 0 Å². The van der Waals surface area contributed by atoms with Crippen LogP contribution in [-0.2, 0) is 20.7 Å². The number of rotatable bonds is 6. The summed E-state index contributed by atoms with van der Waals surface area (Å²) in [7, 11) is 0. The second-order valence-electron chi connectivity index (χ2n) is 7.01. The van der Waals surface area contributed by atoms with Crippen molar-refractivity contribution in [3.63, 3.8) is 0 Å². The van der Waals surface area contributed by atoms with Gasteiger partial charge in [0.05, 0.1) is 25.4 Å². The molecule has 0 radical (unpaired) electrons. The van der Waals surface area contributed by atoms with Crippen LogP contribution in [0.15, 0.2) is 18.2 Å². The first-order valence-corrected chi connectivity index (χ1v) is 8.48. The van der Waals surface area contributed by atoms with Crippen LogP contribution in [0.4, 0.5) is 0 Å². The highest BCUT2D eigenvalue weighted by Crippen LogP contribution is 2.42. The fraction of sp³-hybridized carbons (Fsp3) is 0.684. The molecule has 1 fully saturated rings. The number of benzene rings is 1. The van der Waals surface area contributed by atoms with Gasteiger partial charge in [0, 0.05) is 6.42 Å². The standard InChI is InChI=1S/C19H30O3/c1-6-10-19(21-12-13-22-19)16-14-15(18(3,4)5)8-9-17(16)20-11-7-2/h8-9,14H,6-7,10-13H2,1-5H3. The topological polar surface area (TPSA) is 27.7 Å². The monoisotopic (exact) mass is 306 g/mol. The normalized spacial score (nSPS) is 17.7. The molecule has 0 spiro atoms. The van der Waals surface area contributed by atoms with E-state index in [0.29, 0.717) is 19.8 Å². The maximum absolute atomic E-state index is 6.05. The Morgan fingerprint density at radius 1 is 1.09 bits per heavy atom. The van der Waals surface area contributed by atoms with Crippen molar-refractivity contribution >= 4 is 0 Å². The van der Waals surface area contributed by atoms with Gasteiger partial charge in [-0.25, -0.2) is 0 Å². The predicted octanol–water partition coefficient (Wildman–Crippen LogP) is 4.77. The van der Waals surface area contributed by atoms with E-state index in [1.807, 2.05) is 0 Å². The second-order valence-corrected chi connectivity index (χ2v) is 7.01. The molecular weight excluding hydrogens is 276 g/mol. The Hall–Kier alpha value is -1.06. The van der Waals surface area contributed by atoms with E-state index in [4.69, 9.17) is 14.2 Å². The lowest BCUT2D eigenvalue weighted by atomic mass is 9.84. The van der Waals surface area contributed by atoms with E-state index < -0.39 is 5.79 Å². The van der Waals surface area contributed by atoms with Crippen molar-refractivity contribution in [3.05, 3.63) is 29.3 Å². The zero-order valence-corrected chi connectivity index (χ0v) is 14.7. The fourth-order valence-corrected chi connectivity index (χ4v) is 2.85. The molecule has 1 aliphatic heterocycles. The summed E-state index contributed by atoms with van der Waals surface area (Å²) in [4.78, 5) is 0. The van der Waals surface area contributed by atoms with Gasteiger partial charge in [0.1, 0.15) is 5.75 Å². The van der Waals surface area contributed by atoms with Gasteiger partial charge in [0.2, 0.25) is 0 Å². The summed E-state index contributed by atoms with van der Waals surface area (Å²) in [5.74, 6) is 0.254. The molecule has 0 aromatic heterocycles. The largest absolute Gasteiger partial charge is 0.493 e. The van der Waals surface area contributed by atoms with Gasteiger partial charge in [-0.05, 0) is 29.5 Å². The molecule has 0 aliphatic carbocycles. The number of hydrogen-bond acceptors (Lipinski definition) is 3. The lowest BCUT2D eigenvalue weighted by Gasteiger charge is -2.31. The van der Waals surface area contributed by atoms with Crippen molar-refractivity contribution in [2.75, 3.05) is 19.8 Å². The molecule has 0 atom stereocenters. The Morgan fingerprint density at radius 3 is 2.32 bits per heavy atom. The molecule has 1 aromatic rings. The van der Waals surface area contributed by atoms with Gasteiger partial charge >= 0.3 is 0 Å². The molecule has 1 aromatic carbocycles. The average Bonchev–Trinajstić information content (AvgIpc) is 2.94. The zero-order chi connectivity index (χ0) is 16.2. The third-order valence-corrected chi connectivity index (χ3v) is 4.05. The van der Waals surface area contributed by atoms with Crippen molar-refractivity contribution in [1.82, 2.24) is 0 Å². The zero-order valence-electron chi connectivity index (χ0n) is 14.7. The summed E-state index contributed by atoms with van der Waals surface area (Å²) >= 11 is 0. The highest BCUT2D eigenvalue weighted by atomic mass is 16.7. The highest BCUT2D eigenvalue weighted by Gasteiger charge is 2.40. The minimum absolute atomic E-state index is 0.0873. The van der Waals surface area contributed by atoms with E-state index in [-0.39, 0.29) is 5.41 Å². The van der Waals surface area contributed by atoms with Crippen LogP contribution in [0.1, 0.15) is 65.0 Å². The summed E-state index contributed by atoms with van der Waals surface area (Å²) in [6.07, 6.45) is 2.85. The second kappa shape index (κ2) is 7.01. The molecule has 0 saturated carbocycles. The van der Waals surface area contributed by atoms with Crippen LogP contribution in [-0.4, -0.2) is 19.8 Å². The minimum atomic E-state index is -0.640. The Labute approximate surface area is 135 Å². The predicted molar refractivity (Wildman–Crippen MR) is 89.4 cm³/mol. The minimum Gasteiger partial charge on any atom is -0.493 e. The third kappa shape index (κ3) is 3.64. The van der Waals surface area contributed by atoms with Crippen molar-refractivity contribution in [2.24, 2.45) is 0 Å². The molecule has 22 heavy (non-hydrogen) atoms. The molecule has 0 unspecified atom stereocenters. The maximum Gasteiger partial charge on any atom is 0.198 e. The first-order chi connectivity index (χ1) is 10.4. The maximum atomic E-state index is 6.05. The van der Waals surface area contributed by atoms with E-state index in [2.05, 4.69) is 52.8 Å². The summed E-state index contributed by atoms with van der Waals surface area (Å²) in [5.41, 5.74) is 2.41. The summed E-state index contributed by atoms with van der Waals surface area (Å²) in [6, 6.07) is 6.45. The Morgan fingerprint density at radius 2 is 1.77 bits per heavy atom. The molecule has 1 saturated heterocycles. The quantitative estimate of drug-likeness (QED) is 0.757. The van der Waals surface area contributed by atoms with Crippen LogP contribution in [0.25, 0.3) is 0 Å². The van der Waals surface area contributed by atoms with Crippen molar-refractivity contribution in [2.45, 2.75) is 65.1 Å². The first kappa shape index (κ1) is 17.3. The summed E-state index contributed by atoms with van der Waals surface area (Å²) in [5, 5.41) is 0. The van der Waals surface area contributed by atoms with Gasteiger partial charge in [-0.15, -0.1) is 0 Å². The summed E-state index contributed by atoms with van der Waals surface area (Å²) < 4.78 is 18.1. The summed E-state index contributed by atoms with van der Waals surface area (Å²) in [6.45, 7) is 13.0. The first-order valence-electron chi connectivity index (χ1n) is 8.48. The van der Waals surface area contributed by atoms with Gasteiger partial charge in [-0.3, -0.25) is 0 Å². The van der Waals surface area contributed by atoms with Crippen molar-refractivity contribution in [3.8, 4) is 5.75 Å². The number of ether oxygens (including phenoxy) is 3. The molecule has 1 heterocycles. The number of hydrogen-bond donors (Lipinski definition) is 0.